The zero-order chi connectivity index (χ0) is 24.6. The van der Waals surface area contributed by atoms with Gasteiger partial charge in [0.2, 0.25) is 0 Å². The third-order valence-corrected chi connectivity index (χ3v) is 6.14. The van der Waals surface area contributed by atoms with Crippen molar-refractivity contribution < 1.29 is 49.7 Å². The fourth-order valence-corrected chi connectivity index (χ4v) is 4.35. The summed E-state index contributed by atoms with van der Waals surface area (Å²) < 4.78 is 11.1. The maximum Gasteiger partial charge on any atom is 0.338 e. The molecule has 0 aromatic heterocycles. The van der Waals surface area contributed by atoms with Gasteiger partial charge < -0.3 is 40.1 Å². The minimum atomic E-state index is -0.720. The number of benzene rings is 2. The molecule has 0 bridgehead atoms. The smallest absolute Gasteiger partial charge is 0.338 e. The van der Waals surface area contributed by atoms with E-state index in [0.29, 0.717) is 38.5 Å². The summed E-state index contributed by atoms with van der Waals surface area (Å²) >= 11 is 0. The maximum atomic E-state index is 12.4. The number of ether oxygens (including phenoxy) is 2. The molecule has 0 heterocycles. The van der Waals surface area contributed by atoms with Crippen molar-refractivity contribution in [1.82, 2.24) is 0 Å². The zero-order valence-corrected chi connectivity index (χ0v) is 18.0. The van der Waals surface area contributed by atoms with Gasteiger partial charge in [-0.25, -0.2) is 9.59 Å². The molecule has 0 aliphatic heterocycles. The number of aromatic hydroxyl groups is 6. The molecule has 2 aromatic carbocycles. The van der Waals surface area contributed by atoms with E-state index in [4.69, 9.17) is 9.47 Å². The first-order valence-electron chi connectivity index (χ1n) is 10.7. The average molecular weight is 472 g/mol. The van der Waals surface area contributed by atoms with Crippen molar-refractivity contribution in [3.63, 3.8) is 0 Å². The van der Waals surface area contributed by atoms with E-state index in [1.165, 1.54) is 0 Å². The fourth-order valence-electron chi connectivity index (χ4n) is 4.35. The average Bonchev–Trinajstić information content (AvgIpc) is 2.80. The van der Waals surface area contributed by atoms with Crippen LogP contribution in [0.4, 0.5) is 0 Å². The summed E-state index contributed by atoms with van der Waals surface area (Å²) in [5, 5.41) is 57.2. The molecule has 0 amide bonds. The van der Waals surface area contributed by atoms with Crippen molar-refractivity contribution in [3.8, 4) is 34.5 Å². The fraction of sp³-hybridized carbons (Fsp3) is 0.333. The number of hydrogen-bond acceptors (Lipinski definition) is 10. The number of phenolic OH excluding ortho intramolecular Hbond substituents is 6. The molecular formula is C24H24O10. The number of hydrogen-bond donors (Lipinski definition) is 6. The minimum Gasteiger partial charge on any atom is -0.504 e. The van der Waals surface area contributed by atoms with E-state index in [2.05, 4.69) is 0 Å². The normalized spacial score (nSPS) is 19.9. The first-order valence-corrected chi connectivity index (χ1v) is 10.7. The van der Waals surface area contributed by atoms with E-state index in [1.54, 1.807) is 0 Å². The van der Waals surface area contributed by atoms with Crippen LogP contribution in [0.25, 0.3) is 0 Å². The lowest BCUT2D eigenvalue weighted by atomic mass is 9.80. The molecule has 0 spiro atoms. The molecule has 0 radical (unpaired) electrons. The lowest BCUT2D eigenvalue weighted by Gasteiger charge is -2.33. The summed E-state index contributed by atoms with van der Waals surface area (Å²) in [4.78, 5) is 24.8. The van der Waals surface area contributed by atoms with E-state index >= 15 is 0 Å². The number of carbonyl (C=O) groups excluding carboxylic acids is 2. The van der Waals surface area contributed by atoms with Crippen LogP contribution in [0.3, 0.4) is 0 Å². The topological polar surface area (TPSA) is 174 Å². The van der Waals surface area contributed by atoms with Gasteiger partial charge in [-0.2, -0.15) is 0 Å². The third-order valence-electron chi connectivity index (χ3n) is 6.14. The summed E-state index contributed by atoms with van der Waals surface area (Å²) in [6, 6.07) is 4.10. The standard InChI is InChI=1S/C24H24O10/c25-17-7-13(8-18(26)21(17)29)23(31)33-15-3-1-11-5-16(4-2-12(11)6-15)34-24(32)14-9-19(27)22(30)20(28)10-14/h7-10,15-16,25-30H,1-6H2. The highest BCUT2D eigenvalue weighted by atomic mass is 16.5. The molecule has 10 nitrogen and oxygen atoms in total. The summed E-state index contributed by atoms with van der Waals surface area (Å²) in [5.41, 5.74) is 2.12. The Morgan fingerprint density at radius 1 is 0.618 bits per heavy atom. The summed E-state index contributed by atoms with van der Waals surface area (Å²) in [6.07, 6.45) is 2.69. The Hall–Kier alpha value is -4.08. The van der Waals surface area contributed by atoms with Gasteiger partial charge in [-0.3, -0.25) is 0 Å². The summed E-state index contributed by atoms with van der Waals surface area (Å²) in [6.45, 7) is 0. The van der Waals surface area contributed by atoms with Gasteiger partial charge in [-0.1, -0.05) is 11.1 Å². The number of rotatable bonds is 4. The minimum absolute atomic E-state index is 0.0745. The van der Waals surface area contributed by atoms with Crippen molar-refractivity contribution in [2.24, 2.45) is 0 Å². The van der Waals surface area contributed by atoms with Crippen LogP contribution in [0, 0.1) is 0 Å². The van der Waals surface area contributed by atoms with E-state index in [0.717, 1.165) is 35.4 Å². The van der Waals surface area contributed by atoms with Crippen LogP contribution in [0.1, 0.15) is 59.2 Å². The lowest BCUT2D eigenvalue weighted by Crippen LogP contribution is -2.28. The van der Waals surface area contributed by atoms with Gasteiger partial charge in [0, 0.05) is 12.8 Å². The molecule has 2 aliphatic carbocycles. The highest BCUT2D eigenvalue weighted by molar-refractivity contribution is 5.91. The van der Waals surface area contributed by atoms with Gasteiger partial charge in [-0.15, -0.1) is 0 Å². The van der Waals surface area contributed by atoms with Crippen molar-refractivity contribution in [2.45, 2.75) is 50.7 Å². The Balaban J connectivity index is 1.35. The van der Waals surface area contributed by atoms with E-state index in [9.17, 15) is 40.2 Å². The third kappa shape index (κ3) is 4.66. The van der Waals surface area contributed by atoms with Gasteiger partial charge in [0.05, 0.1) is 11.1 Å². The van der Waals surface area contributed by atoms with Crippen LogP contribution in [-0.2, 0) is 9.47 Å². The SMILES string of the molecule is O=C(OC1CCC2=C(CCC(OC(=O)c3cc(O)c(O)c(O)c3)C2)C1)c1cc(O)c(O)c(O)c1. The molecule has 0 saturated carbocycles. The van der Waals surface area contributed by atoms with Crippen molar-refractivity contribution >= 4 is 11.9 Å². The molecule has 34 heavy (non-hydrogen) atoms. The van der Waals surface area contributed by atoms with Crippen LogP contribution in [0.15, 0.2) is 35.4 Å². The molecule has 2 atom stereocenters. The Kier molecular flexibility index (Phi) is 6.14. The molecule has 0 fully saturated rings. The number of esters is 2. The van der Waals surface area contributed by atoms with Crippen LogP contribution in [0.5, 0.6) is 34.5 Å². The molecule has 2 unspecified atom stereocenters. The van der Waals surface area contributed by atoms with Crippen molar-refractivity contribution in [3.05, 3.63) is 46.5 Å². The predicted octanol–water partition coefficient (Wildman–Crippen LogP) is 3.34. The van der Waals surface area contributed by atoms with Gasteiger partial charge >= 0.3 is 11.9 Å². The quantitative estimate of drug-likeness (QED) is 0.220. The second-order valence-corrected chi connectivity index (χ2v) is 8.47. The first kappa shape index (κ1) is 23.1. The maximum absolute atomic E-state index is 12.4. The van der Waals surface area contributed by atoms with E-state index in [-0.39, 0.29) is 23.3 Å². The van der Waals surface area contributed by atoms with Crippen LogP contribution >= 0.6 is 0 Å². The predicted molar refractivity (Wildman–Crippen MR) is 116 cm³/mol. The number of carbonyl (C=O) groups is 2. The molecular weight excluding hydrogens is 448 g/mol. The zero-order valence-electron chi connectivity index (χ0n) is 18.0. The lowest BCUT2D eigenvalue weighted by molar-refractivity contribution is 0.0193. The second-order valence-electron chi connectivity index (χ2n) is 8.47. The molecule has 2 aliphatic rings. The number of phenols is 6. The van der Waals surface area contributed by atoms with Crippen LogP contribution < -0.4 is 0 Å². The molecule has 6 N–H and O–H groups in total. The van der Waals surface area contributed by atoms with Gasteiger partial charge in [-0.05, 0) is 49.9 Å². The van der Waals surface area contributed by atoms with Gasteiger partial charge in [0.25, 0.3) is 0 Å². The highest BCUT2D eigenvalue weighted by Crippen LogP contribution is 2.40. The Labute approximate surface area is 193 Å². The van der Waals surface area contributed by atoms with E-state index in [1.807, 2.05) is 0 Å². The highest BCUT2D eigenvalue weighted by Gasteiger charge is 2.31. The Morgan fingerprint density at radius 2 is 0.941 bits per heavy atom. The molecule has 10 heteroatoms. The molecule has 0 saturated heterocycles. The summed E-state index contributed by atoms with van der Waals surface area (Å²) in [5.74, 6) is -5.33. The molecule has 2 aromatic rings. The van der Waals surface area contributed by atoms with Crippen LogP contribution in [-0.4, -0.2) is 54.8 Å². The van der Waals surface area contributed by atoms with Crippen molar-refractivity contribution in [1.29, 1.82) is 0 Å². The second kappa shape index (κ2) is 9.05. The molecule has 180 valence electrons. The molecule has 4 rings (SSSR count). The van der Waals surface area contributed by atoms with Crippen molar-refractivity contribution in [2.75, 3.05) is 0 Å². The summed E-state index contributed by atoms with van der Waals surface area (Å²) in [7, 11) is 0. The monoisotopic (exact) mass is 472 g/mol. The van der Waals surface area contributed by atoms with Gasteiger partial charge in [0.15, 0.2) is 34.5 Å². The van der Waals surface area contributed by atoms with Gasteiger partial charge in [0.1, 0.15) is 12.2 Å². The van der Waals surface area contributed by atoms with E-state index < -0.39 is 46.4 Å². The Bertz CT molecular complexity index is 1040. The first-order chi connectivity index (χ1) is 16.1. The Morgan fingerprint density at radius 3 is 1.26 bits per heavy atom. The van der Waals surface area contributed by atoms with Crippen LogP contribution in [0.2, 0.25) is 0 Å². The largest absolute Gasteiger partial charge is 0.504 e.